The molecule has 0 unspecified atom stereocenters. The predicted molar refractivity (Wildman–Crippen MR) is 90.6 cm³/mol. The lowest BCUT2D eigenvalue weighted by molar-refractivity contribution is 0.0785. The molecule has 0 heterocycles. The molecule has 0 aliphatic rings. The second kappa shape index (κ2) is 7.09. The van der Waals surface area contributed by atoms with Gasteiger partial charge in [-0.1, -0.05) is 28.1 Å². The van der Waals surface area contributed by atoms with Crippen LogP contribution in [0, 0.1) is 0 Å². The highest BCUT2D eigenvalue weighted by Crippen LogP contribution is 2.26. The molecule has 2 aromatic carbocycles. The number of ether oxygens (including phenoxy) is 1. The van der Waals surface area contributed by atoms with Crippen molar-refractivity contribution in [2.75, 3.05) is 14.2 Å². The molecule has 0 aliphatic heterocycles. The summed E-state index contributed by atoms with van der Waals surface area (Å²) >= 11 is 6.80. The zero-order valence-electron chi connectivity index (χ0n) is 11.8. The van der Waals surface area contributed by atoms with Crippen LogP contribution in [0.1, 0.15) is 15.9 Å². The number of rotatable bonds is 4. The van der Waals surface area contributed by atoms with Gasteiger partial charge in [0.1, 0.15) is 5.75 Å². The molecule has 0 aromatic heterocycles. The molecular formula is C16H15Br2NO2. The van der Waals surface area contributed by atoms with E-state index in [9.17, 15) is 4.79 Å². The van der Waals surface area contributed by atoms with Crippen LogP contribution < -0.4 is 4.74 Å². The number of carbonyl (C=O) groups excluding carboxylic acids is 1. The van der Waals surface area contributed by atoms with E-state index in [-0.39, 0.29) is 5.91 Å². The molecule has 21 heavy (non-hydrogen) atoms. The number of carbonyl (C=O) groups is 1. The fourth-order valence-electron chi connectivity index (χ4n) is 1.96. The summed E-state index contributed by atoms with van der Waals surface area (Å²) < 4.78 is 6.97. The van der Waals surface area contributed by atoms with Crippen LogP contribution in [0.25, 0.3) is 0 Å². The van der Waals surface area contributed by atoms with Crippen molar-refractivity contribution in [3.05, 3.63) is 62.5 Å². The topological polar surface area (TPSA) is 29.5 Å². The Bertz CT molecular complexity index is 641. The first-order chi connectivity index (χ1) is 10.0. The minimum Gasteiger partial charge on any atom is -0.496 e. The minimum absolute atomic E-state index is 0.0266. The van der Waals surface area contributed by atoms with Gasteiger partial charge in [0.15, 0.2) is 0 Å². The minimum atomic E-state index is -0.0266. The van der Waals surface area contributed by atoms with E-state index in [1.165, 1.54) is 0 Å². The average molecular weight is 413 g/mol. The van der Waals surface area contributed by atoms with E-state index < -0.39 is 0 Å². The first-order valence-electron chi connectivity index (χ1n) is 6.34. The van der Waals surface area contributed by atoms with Gasteiger partial charge in [-0.3, -0.25) is 4.79 Å². The van der Waals surface area contributed by atoms with Gasteiger partial charge < -0.3 is 9.64 Å². The maximum Gasteiger partial charge on any atom is 0.253 e. The third kappa shape index (κ3) is 4.08. The molecule has 0 spiro atoms. The third-order valence-electron chi connectivity index (χ3n) is 3.08. The Morgan fingerprint density at radius 3 is 2.38 bits per heavy atom. The molecule has 2 rings (SSSR count). The Hall–Kier alpha value is -1.33. The zero-order valence-corrected chi connectivity index (χ0v) is 14.9. The molecule has 1 amide bonds. The Kier molecular flexibility index (Phi) is 5.42. The normalized spacial score (nSPS) is 10.3. The van der Waals surface area contributed by atoms with Gasteiger partial charge in [0.05, 0.1) is 11.6 Å². The fraction of sp³-hybridized carbons (Fsp3) is 0.188. The van der Waals surface area contributed by atoms with Crippen LogP contribution in [0.15, 0.2) is 51.4 Å². The summed E-state index contributed by atoms with van der Waals surface area (Å²) in [6.07, 6.45) is 0. The third-order valence-corrected chi connectivity index (χ3v) is 4.23. The molecule has 0 aliphatic carbocycles. The summed E-state index contributed by atoms with van der Waals surface area (Å²) in [5, 5.41) is 0. The molecule has 0 saturated carbocycles. The van der Waals surface area contributed by atoms with Crippen LogP contribution in [-0.2, 0) is 6.54 Å². The van der Waals surface area contributed by atoms with Gasteiger partial charge >= 0.3 is 0 Å². The van der Waals surface area contributed by atoms with E-state index in [2.05, 4.69) is 31.9 Å². The van der Waals surface area contributed by atoms with Crippen molar-refractivity contribution < 1.29 is 9.53 Å². The highest BCUT2D eigenvalue weighted by molar-refractivity contribution is 9.10. The quantitative estimate of drug-likeness (QED) is 0.740. The largest absolute Gasteiger partial charge is 0.496 e. The SMILES string of the molecule is COc1ccc(C(=O)N(C)Cc2ccc(Br)cc2)cc1Br. The lowest BCUT2D eigenvalue weighted by Crippen LogP contribution is -2.26. The number of methoxy groups -OCH3 is 1. The lowest BCUT2D eigenvalue weighted by atomic mass is 10.1. The Morgan fingerprint density at radius 2 is 1.81 bits per heavy atom. The van der Waals surface area contributed by atoms with Crippen molar-refractivity contribution in [2.45, 2.75) is 6.54 Å². The Labute approximate surface area is 141 Å². The summed E-state index contributed by atoms with van der Waals surface area (Å²) in [4.78, 5) is 14.1. The monoisotopic (exact) mass is 411 g/mol. The highest BCUT2D eigenvalue weighted by atomic mass is 79.9. The molecule has 0 bridgehead atoms. The van der Waals surface area contributed by atoms with Crippen molar-refractivity contribution in [1.29, 1.82) is 0 Å². The predicted octanol–water partition coefficient (Wildman–Crippen LogP) is 4.49. The van der Waals surface area contributed by atoms with Crippen molar-refractivity contribution in [3.63, 3.8) is 0 Å². The average Bonchev–Trinajstić information content (AvgIpc) is 2.48. The molecule has 0 atom stereocenters. The first kappa shape index (κ1) is 16.0. The molecule has 3 nitrogen and oxygen atoms in total. The fourth-order valence-corrected chi connectivity index (χ4v) is 2.76. The van der Waals surface area contributed by atoms with E-state index in [0.29, 0.717) is 17.9 Å². The number of nitrogens with zero attached hydrogens (tertiary/aromatic N) is 1. The molecule has 0 saturated heterocycles. The van der Waals surface area contributed by atoms with Crippen LogP contribution in [0.4, 0.5) is 0 Å². The van der Waals surface area contributed by atoms with Gasteiger partial charge in [-0.05, 0) is 51.8 Å². The number of amides is 1. The van der Waals surface area contributed by atoms with Gasteiger partial charge in [-0.2, -0.15) is 0 Å². The summed E-state index contributed by atoms with van der Waals surface area (Å²) in [6.45, 7) is 0.565. The highest BCUT2D eigenvalue weighted by Gasteiger charge is 2.13. The molecule has 0 N–H and O–H groups in total. The Balaban J connectivity index is 2.11. The molecule has 0 radical (unpaired) electrons. The van der Waals surface area contributed by atoms with E-state index in [1.807, 2.05) is 24.3 Å². The molecular weight excluding hydrogens is 398 g/mol. The second-order valence-corrected chi connectivity index (χ2v) is 6.41. The second-order valence-electron chi connectivity index (χ2n) is 4.64. The number of halogens is 2. The number of benzene rings is 2. The van der Waals surface area contributed by atoms with Crippen molar-refractivity contribution in [1.82, 2.24) is 4.90 Å². The lowest BCUT2D eigenvalue weighted by Gasteiger charge is -2.18. The maximum absolute atomic E-state index is 12.4. The van der Waals surface area contributed by atoms with Crippen molar-refractivity contribution in [3.8, 4) is 5.75 Å². The van der Waals surface area contributed by atoms with Crippen LogP contribution in [-0.4, -0.2) is 25.0 Å². The number of hydrogen-bond acceptors (Lipinski definition) is 2. The smallest absolute Gasteiger partial charge is 0.253 e. The van der Waals surface area contributed by atoms with Crippen molar-refractivity contribution >= 4 is 37.8 Å². The van der Waals surface area contributed by atoms with Crippen LogP contribution in [0.2, 0.25) is 0 Å². The Morgan fingerprint density at radius 1 is 1.14 bits per heavy atom. The maximum atomic E-state index is 12.4. The van der Waals surface area contributed by atoms with Crippen molar-refractivity contribution in [2.24, 2.45) is 0 Å². The van der Waals surface area contributed by atoms with E-state index in [0.717, 1.165) is 14.5 Å². The summed E-state index contributed by atoms with van der Waals surface area (Å²) in [5.41, 5.74) is 1.71. The number of hydrogen-bond donors (Lipinski definition) is 0. The molecule has 0 fully saturated rings. The first-order valence-corrected chi connectivity index (χ1v) is 7.93. The van der Waals surface area contributed by atoms with E-state index in [1.54, 1.807) is 37.3 Å². The summed E-state index contributed by atoms with van der Waals surface area (Å²) in [7, 11) is 3.39. The van der Waals surface area contributed by atoms with Gasteiger partial charge in [-0.15, -0.1) is 0 Å². The van der Waals surface area contributed by atoms with Gasteiger partial charge in [0.2, 0.25) is 0 Å². The summed E-state index contributed by atoms with van der Waals surface area (Å²) in [5.74, 6) is 0.684. The van der Waals surface area contributed by atoms with Gasteiger partial charge in [0, 0.05) is 23.6 Å². The standard InChI is InChI=1S/C16H15Br2NO2/c1-19(10-11-3-6-13(17)7-4-11)16(20)12-5-8-15(21-2)14(18)9-12/h3-9H,10H2,1-2H3. The van der Waals surface area contributed by atoms with E-state index in [4.69, 9.17) is 4.74 Å². The van der Waals surface area contributed by atoms with Crippen LogP contribution in [0.5, 0.6) is 5.75 Å². The molecule has 2 aromatic rings. The van der Waals surface area contributed by atoms with Crippen LogP contribution >= 0.6 is 31.9 Å². The zero-order chi connectivity index (χ0) is 15.4. The summed E-state index contributed by atoms with van der Waals surface area (Å²) in [6, 6.07) is 13.3. The molecule has 110 valence electrons. The van der Waals surface area contributed by atoms with Gasteiger partial charge in [0.25, 0.3) is 5.91 Å². The van der Waals surface area contributed by atoms with Crippen LogP contribution in [0.3, 0.4) is 0 Å². The van der Waals surface area contributed by atoms with Gasteiger partial charge in [-0.25, -0.2) is 0 Å². The molecule has 5 heteroatoms. The van der Waals surface area contributed by atoms with E-state index >= 15 is 0 Å².